The number of ether oxygens (including phenoxy) is 2. The van der Waals surface area contributed by atoms with Crippen molar-refractivity contribution < 1.29 is 42.1 Å². The molecule has 298 valence electrons. The Balaban J connectivity index is 4.36. The van der Waals surface area contributed by atoms with Gasteiger partial charge in [-0.1, -0.05) is 168 Å². The van der Waals surface area contributed by atoms with E-state index in [4.69, 9.17) is 18.5 Å². The molecule has 0 aliphatic heterocycles. The van der Waals surface area contributed by atoms with Gasteiger partial charge in [0.1, 0.15) is 19.8 Å². The molecule has 2 atom stereocenters. The first-order valence-electron chi connectivity index (χ1n) is 20.7. The van der Waals surface area contributed by atoms with Gasteiger partial charge in [0.15, 0.2) is 6.10 Å². The van der Waals surface area contributed by atoms with Gasteiger partial charge >= 0.3 is 11.9 Å². The van der Waals surface area contributed by atoms with Gasteiger partial charge in [-0.05, 0) is 12.8 Å². The lowest BCUT2D eigenvalue weighted by atomic mass is 10.0. The summed E-state index contributed by atoms with van der Waals surface area (Å²) in [5, 5.41) is 0. The van der Waals surface area contributed by atoms with Gasteiger partial charge in [-0.2, -0.15) is 0 Å². The molecule has 10 heteroatoms. The van der Waals surface area contributed by atoms with Crippen molar-refractivity contribution >= 4 is 19.8 Å². The summed E-state index contributed by atoms with van der Waals surface area (Å²) >= 11 is 0. The Morgan fingerprint density at radius 3 is 1.28 bits per heavy atom. The van der Waals surface area contributed by atoms with Crippen molar-refractivity contribution in [1.82, 2.24) is 0 Å². The normalized spacial score (nSPS) is 13.6. The number of quaternary nitrogens is 1. The number of likely N-dealkylation sites (N-methyl/N-ethyl adjacent to an activating group) is 1. The van der Waals surface area contributed by atoms with E-state index in [1.165, 1.54) is 128 Å². The zero-order valence-corrected chi connectivity index (χ0v) is 34.3. The average Bonchev–Trinajstić information content (AvgIpc) is 3.06. The van der Waals surface area contributed by atoms with E-state index in [0.717, 1.165) is 32.1 Å². The maximum Gasteiger partial charge on any atom is 0.306 e. The maximum absolute atomic E-state index is 12.6. The second-order valence-electron chi connectivity index (χ2n) is 15.4. The summed E-state index contributed by atoms with van der Waals surface area (Å²) in [5.41, 5.74) is 0. The van der Waals surface area contributed by atoms with Crippen LogP contribution in [-0.4, -0.2) is 70.0 Å². The van der Waals surface area contributed by atoms with Crippen molar-refractivity contribution in [2.75, 3.05) is 47.5 Å². The third-order valence-electron chi connectivity index (χ3n) is 9.13. The summed E-state index contributed by atoms with van der Waals surface area (Å²) < 4.78 is 33.8. The summed E-state index contributed by atoms with van der Waals surface area (Å²) in [6, 6.07) is 0. The molecule has 0 aromatic rings. The van der Waals surface area contributed by atoms with Crippen LogP contribution in [-0.2, 0) is 32.7 Å². The molecule has 0 aliphatic carbocycles. The third kappa shape index (κ3) is 36.8. The van der Waals surface area contributed by atoms with Crippen LogP contribution in [0.2, 0.25) is 0 Å². The highest BCUT2D eigenvalue weighted by atomic mass is 31.2. The van der Waals surface area contributed by atoms with Gasteiger partial charge in [0.2, 0.25) is 0 Å². The molecule has 0 radical (unpaired) electrons. The molecule has 0 spiro atoms. The Labute approximate surface area is 308 Å². The summed E-state index contributed by atoms with van der Waals surface area (Å²) in [5.74, 6) is -0.823. The van der Waals surface area contributed by atoms with Gasteiger partial charge in [-0.15, -0.1) is 0 Å². The van der Waals surface area contributed by atoms with Crippen LogP contribution in [0.1, 0.15) is 194 Å². The monoisotopic (exact) mass is 738 g/mol. The molecule has 0 amide bonds. The molecular formula is C40H80NO8P. The molecule has 0 heterocycles. The average molecular weight is 738 g/mol. The van der Waals surface area contributed by atoms with Crippen molar-refractivity contribution in [2.24, 2.45) is 0 Å². The zero-order valence-electron chi connectivity index (χ0n) is 33.4. The lowest BCUT2D eigenvalue weighted by molar-refractivity contribution is -0.870. The number of carbonyl (C=O) groups excluding carboxylic acids is 2. The van der Waals surface area contributed by atoms with Crippen molar-refractivity contribution in [3.63, 3.8) is 0 Å². The molecule has 9 nitrogen and oxygen atoms in total. The van der Waals surface area contributed by atoms with Gasteiger partial charge in [0, 0.05) is 12.8 Å². The Bertz CT molecular complexity index is 835. The number of phosphoric acid groups is 1. The van der Waals surface area contributed by atoms with E-state index in [1.54, 1.807) is 0 Å². The lowest BCUT2D eigenvalue weighted by Crippen LogP contribution is -2.37. The molecule has 0 aliphatic rings. The van der Waals surface area contributed by atoms with Gasteiger partial charge < -0.3 is 27.9 Å². The molecule has 0 fully saturated rings. The molecule has 0 saturated heterocycles. The Morgan fingerprint density at radius 2 is 0.900 bits per heavy atom. The van der Waals surface area contributed by atoms with E-state index >= 15 is 0 Å². The minimum Gasteiger partial charge on any atom is -0.756 e. The minimum atomic E-state index is -4.61. The number of rotatable bonds is 38. The van der Waals surface area contributed by atoms with Crippen LogP contribution >= 0.6 is 7.82 Å². The van der Waals surface area contributed by atoms with Gasteiger partial charge in [0.25, 0.3) is 7.82 Å². The molecule has 0 aromatic heterocycles. The number of unbranched alkanes of at least 4 members (excludes halogenated alkanes) is 24. The first kappa shape index (κ1) is 49.0. The Kier molecular flexibility index (Phi) is 33.2. The molecule has 0 bridgehead atoms. The minimum absolute atomic E-state index is 0.0259. The highest BCUT2D eigenvalue weighted by Crippen LogP contribution is 2.38. The molecule has 0 N–H and O–H groups in total. The van der Waals surface area contributed by atoms with Crippen molar-refractivity contribution in [3.05, 3.63) is 0 Å². The fraction of sp³-hybridized carbons (Fsp3) is 0.950. The molecule has 0 saturated carbocycles. The summed E-state index contributed by atoms with van der Waals surface area (Å²) in [7, 11) is 1.18. The Morgan fingerprint density at radius 1 is 0.540 bits per heavy atom. The van der Waals surface area contributed by atoms with E-state index in [1.807, 2.05) is 21.1 Å². The van der Waals surface area contributed by atoms with Crippen molar-refractivity contribution in [2.45, 2.75) is 200 Å². The highest BCUT2D eigenvalue weighted by Gasteiger charge is 2.21. The topological polar surface area (TPSA) is 111 Å². The van der Waals surface area contributed by atoms with Gasteiger partial charge in [-0.3, -0.25) is 14.2 Å². The number of hydrogen-bond donors (Lipinski definition) is 0. The van der Waals surface area contributed by atoms with Crippen molar-refractivity contribution in [1.29, 1.82) is 0 Å². The summed E-state index contributed by atoms with van der Waals surface area (Å²) in [4.78, 5) is 37.4. The standard InChI is InChI=1S/C40H80NO8P/c1-6-8-10-12-14-16-18-20-22-24-26-28-30-32-39(42)46-36-38(37-48-50(44,45)47-35-34-41(3,4)5)49-40(43)33-31-29-27-25-23-21-19-17-15-13-11-9-7-2/h38H,6-37H2,1-5H3/t38-/m1/s1/i39+2,40+2. The largest absolute Gasteiger partial charge is 0.756 e. The van der Waals surface area contributed by atoms with Crippen LogP contribution in [0.25, 0.3) is 0 Å². The van der Waals surface area contributed by atoms with E-state index < -0.39 is 26.5 Å². The predicted molar refractivity (Wildman–Crippen MR) is 204 cm³/mol. The molecule has 0 aromatic carbocycles. The summed E-state index contributed by atoms with van der Waals surface area (Å²) in [6.07, 6.45) is 31.2. The number of phosphoric ester groups is 1. The predicted octanol–water partition coefficient (Wildman–Crippen LogP) is 10.6. The second-order valence-corrected chi connectivity index (χ2v) is 16.8. The first-order valence-corrected chi connectivity index (χ1v) is 22.2. The first-order chi connectivity index (χ1) is 24.0. The Hall–Kier alpha value is -0.990. The molecule has 0 rings (SSSR count). The van der Waals surface area contributed by atoms with Crippen LogP contribution in [0.3, 0.4) is 0 Å². The fourth-order valence-corrected chi connectivity index (χ4v) is 6.56. The number of hydrogen-bond acceptors (Lipinski definition) is 8. The third-order valence-corrected chi connectivity index (χ3v) is 10.1. The van der Waals surface area contributed by atoms with E-state index in [2.05, 4.69) is 13.8 Å². The smallest absolute Gasteiger partial charge is 0.306 e. The van der Waals surface area contributed by atoms with Crippen LogP contribution in [0.15, 0.2) is 0 Å². The van der Waals surface area contributed by atoms with E-state index in [0.29, 0.717) is 17.4 Å². The number of carbonyl (C=O) groups is 2. The molecule has 1 unspecified atom stereocenters. The van der Waals surface area contributed by atoms with Gasteiger partial charge in [0.05, 0.1) is 27.7 Å². The fourth-order valence-electron chi connectivity index (χ4n) is 5.83. The van der Waals surface area contributed by atoms with Crippen LogP contribution in [0.4, 0.5) is 0 Å². The van der Waals surface area contributed by atoms with E-state index in [9.17, 15) is 19.0 Å². The highest BCUT2D eigenvalue weighted by molar-refractivity contribution is 7.45. The summed E-state index contributed by atoms with van der Waals surface area (Å²) in [6.45, 7) is 4.24. The molecular weight excluding hydrogens is 657 g/mol. The maximum atomic E-state index is 12.6. The van der Waals surface area contributed by atoms with Gasteiger partial charge in [-0.25, -0.2) is 0 Å². The number of esters is 2. The van der Waals surface area contributed by atoms with Crippen LogP contribution in [0, 0.1) is 0 Å². The van der Waals surface area contributed by atoms with Crippen LogP contribution < -0.4 is 4.89 Å². The zero-order chi connectivity index (χ0) is 37.2. The van der Waals surface area contributed by atoms with Crippen molar-refractivity contribution in [3.8, 4) is 0 Å². The second kappa shape index (κ2) is 33.8. The quantitative estimate of drug-likeness (QED) is 0.0266. The lowest BCUT2D eigenvalue weighted by Gasteiger charge is -2.28. The SMILES string of the molecule is CCCCCCCCCCCCCCC[14C](=O)OC[C@H](COP(=O)([O-])OCC[N+](C)(C)C)O[14C](=O)CCCCCCCCCCCCCCC. The number of nitrogens with zero attached hydrogens (tertiary/aromatic N) is 1. The van der Waals surface area contributed by atoms with E-state index in [-0.39, 0.29) is 32.0 Å². The molecule has 50 heavy (non-hydrogen) atoms. The van der Waals surface area contributed by atoms with Crippen LogP contribution in [0.5, 0.6) is 0 Å².